The van der Waals surface area contributed by atoms with Crippen LogP contribution in [0.15, 0.2) is 42.5 Å². The monoisotopic (exact) mass is 455 g/mol. The first-order chi connectivity index (χ1) is 15.9. The highest BCUT2D eigenvalue weighted by Gasteiger charge is 2.26. The van der Waals surface area contributed by atoms with Crippen molar-refractivity contribution in [3.8, 4) is 0 Å². The van der Waals surface area contributed by atoms with E-state index < -0.39 is 4.92 Å². The van der Waals surface area contributed by atoms with Crippen molar-refractivity contribution in [3.05, 3.63) is 69.5 Å². The van der Waals surface area contributed by atoms with E-state index in [1.165, 1.54) is 12.1 Å². The minimum atomic E-state index is -0.405. The second kappa shape index (κ2) is 10.3. The number of nitro groups is 1. The molecule has 2 unspecified atom stereocenters. The molecule has 2 saturated heterocycles. The Balaban J connectivity index is 1.30. The summed E-state index contributed by atoms with van der Waals surface area (Å²) < 4.78 is 13.5. The van der Waals surface area contributed by atoms with Crippen LogP contribution in [0.25, 0.3) is 0 Å². The van der Waals surface area contributed by atoms with Crippen molar-refractivity contribution in [2.45, 2.75) is 44.2 Å². The average molecular weight is 456 g/mol. The van der Waals surface area contributed by atoms with Crippen LogP contribution in [0.4, 0.5) is 15.8 Å². The van der Waals surface area contributed by atoms with Gasteiger partial charge >= 0.3 is 0 Å². The Bertz CT molecular complexity index is 1010. The van der Waals surface area contributed by atoms with Crippen LogP contribution in [-0.4, -0.2) is 48.5 Å². The molecule has 2 atom stereocenters. The first-order valence-electron chi connectivity index (χ1n) is 11.5. The van der Waals surface area contributed by atoms with Gasteiger partial charge in [-0.3, -0.25) is 25.8 Å². The molecule has 1 amide bonds. The molecule has 0 aromatic heterocycles. The molecule has 2 aliphatic heterocycles. The number of nitrogens with one attached hydrogen (secondary N) is 2. The molecule has 2 N–H and O–H groups in total. The van der Waals surface area contributed by atoms with E-state index in [4.69, 9.17) is 0 Å². The Hall–Kier alpha value is -3.04. The van der Waals surface area contributed by atoms with Crippen molar-refractivity contribution in [3.63, 3.8) is 0 Å². The first kappa shape index (κ1) is 23.1. The molecule has 9 heteroatoms. The van der Waals surface area contributed by atoms with Crippen LogP contribution >= 0.6 is 0 Å². The fourth-order valence-electron chi connectivity index (χ4n) is 4.68. The largest absolute Gasteiger partial charge is 0.366 e. The van der Waals surface area contributed by atoms with Crippen LogP contribution in [-0.2, 0) is 0 Å². The first-order valence-corrected chi connectivity index (χ1v) is 11.5. The number of amides is 1. The number of halogens is 1. The van der Waals surface area contributed by atoms with Gasteiger partial charge < -0.3 is 9.80 Å². The number of rotatable bonds is 8. The molecule has 2 fully saturated rings. The predicted octanol–water partition coefficient (Wildman–Crippen LogP) is 3.79. The maximum absolute atomic E-state index is 13.5. The van der Waals surface area contributed by atoms with Gasteiger partial charge in [-0.1, -0.05) is 12.1 Å². The zero-order valence-corrected chi connectivity index (χ0v) is 18.8. The number of hydrazine groups is 1. The van der Waals surface area contributed by atoms with E-state index in [9.17, 15) is 19.3 Å². The summed E-state index contributed by atoms with van der Waals surface area (Å²) in [7, 11) is 1.72. The molecule has 2 aliphatic rings. The molecule has 176 valence electrons. The van der Waals surface area contributed by atoms with Crippen molar-refractivity contribution < 1.29 is 14.1 Å². The number of nitrogens with zero attached hydrogens (tertiary/aromatic N) is 3. The number of carbonyl (C=O) groups is 1. The van der Waals surface area contributed by atoms with Crippen LogP contribution < -0.4 is 15.8 Å². The van der Waals surface area contributed by atoms with E-state index in [-0.39, 0.29) is 29.5 Å². The molecule has 2 heterocycles. The van der Waals surface area contributed by atoms with Crippen LogP contribution in [0.1, 0.15) is 54.1 Å². The molecule has 0 radical (unpaired) electrons. The summed E-state index contributed by atoms with van der Waals surface area (Å²) >= 11 is 0. The zero-order valence-electron chi connectivity index (χ0n) is 18.8. The minimum absolute atomic E-state index is 0.0132. The highest BCUT2D eigenvalue weighted by molar-refractivity contribution is 5.95. The van der Waals surface area contributed by atoms with E-state index in [0.717, 1.165) is 50.8 Å². The number of benzene rings is 2. The van der Waals surface area contributed by atoms with Gasteiger partial charge in [0.05, 0.1) is 4.92 Å². The molecule has 0 saturated carbocycles. The summed E-state index contributed by atoms with van der Waals surface area (Å²) in [6.07, 6.45) is 4.52. The van der Waals surface area contributed by atoms with Gasteiger partial charge in [0, 0.05) is 50.4 Å². The van der Waals surface area contributed by atoms with Crippen LogP contribution in [0, 0.1) is 15.9 Å². The molecule has 2 aromatic rings. The van der Waals surface area contributed by atoms with Crippen molar-refractivity contribution in [2.75, 3.05) is 31.6 Å². The molecular formula is C24H30FN5O3. The summed E-state index contributed by atoms with van der Waals surface area (Å²) in [5.74, 6) is -0.465. The van der Waals surface area contributed by atoms with Crippen LogP contribution in [0.5, 0.6) is 0 Å². The number of nitro benzene ring substituents is 1. The van der Waals surface area contributed by atoms with Crippen molar-refractivity contribution in [1.29, 1.82) is 0 Å². The third-order valence-electron chi connectivity index (χ3n) is 6.49. The maximum atomic E-state index is 13.5. The molecule has 0 spiro atoms. The lowest BCUT2D eigenvalue weighted by molar-refractivity contribution is -0.384. The van der Waals surface area contributed by atoms with E-state index in [1.807, 2.05) is 11.0 Å². The summed E-state index contributed by atoms with van der Waals surface area (Å²) in [6.45, 7) is 2.15. The summed E-state index contributed by atoms with van der Waals surface area (Å²) in [6, 6.07) is 11.7. The van der Waals surface area contributed by atoms with E-state index in [2.05, 4.69) is 10.9 Å². The van der Waals surface area contributed by atoms with Gasteiger partial charge in [-0.05, 0) is 61.9 Å². The topological polar surface area (TPSA) is 90.8 Å². The van der Waals surface area contributed by atoms with E-state index in [0.29, 0.717) is 17.8 Å². The Labute approximate surface area is 192 Å². The number of hydrogen-bond donors (Lipinski definition) is 2. The summed E-state index contributed by atoms with van der Waals surface area (Å²) in [4.78, 5) is 27.7. The van der Waals surface area contributed by atoms with Gasteiger partial charge in [-0.15, -0.1) is 0 Å². The second-order valence-electron chi connectivity index (χ2n) is 8.85. The Morgan fingerprint density at radius 1 is 1.21 bits per heavy atom. The fraction of sp³-hybridized carbons (Fsp3) is 0.458. The van der Waals surface area contributed by atoms with Gasteiger partial charge in [0.2, 0.25) is 0 Å². The lowest BCUT2D eigenvalue weighted by Crippen LogP contribution is -2.32. The second-order valence-corrected chi connectivity index (χ2v) is 8.85. The normalized spacial score (nSPS) is 20.2. The van der Waals surface area contributed by atoms with Crippen molar-refractivity contribution in [1.82, 2.24) is 15.8 Å². The standard InChI is InChI=1S/C24H30FN5O3/c1-28(11-5-8-20-16-21(27-26-20)17-6-4-7-19(25)14-17)24(31)18-9-10-22(23(15-18)30(32)33)29-12-2-3-13-29/h4,6-7,9-10,14-15,20-21,26-27H,2-3,5,8,11-13,16H2,1H3. The van der Waals surface area contributed by atoms with Gasteiger partial charge in [0.1, 0.15) is 11.5 Å². The van der Waals surface area contributed by atoms with Crippen LogP contribution in [0.3, 0.4) is 0 Å². The average Bonchev–Trinajstić information content (AvgIpc) is 3.50. The third kappa shape index (κ3) is 5.48. The van der Waals surface area contributed by atoms with Gasteiger partial charge in [0.25, 0.3) is 11.6 Å². The van der Waals surface area contributed by atoms with E-state index >= 15 is 0 Å². The molecular weight excluding hydrogens is 425 g/mol. The highest BCUT2D eigenvalue weighted by atomic mass is 19.1. The maximum Gasteiger partial charge on any atom is 0.293 e. The van der Waals surface area contributed by atoms with Crippen LogP contribution in [0.2, 0.25) is 0 Å². The van der Waals surface area contributed by atoms with Gasteiger partial charge in [-0.25, -0.2) is 4.39 Å². The summed E-state index contributed by atoms with van der Waals surface area (Å²) in [5, 5.41) is 11.6. The number of hydrogen-bond acceptors (Lipinski definition) is 6. The SMILES string of the molecule is CN(CCCC1CC(c2cccc(F)c2)NN1)C(=O)c1ccc(N2CCCC2)c([N+](=O)[O-])c1. The van der Waals surface area contributed by atoms with Gasteiger partial charge in [-0.2, -0.15) is 0 Å². The smallest absolute Gasteiger partial charge is 0.293 e. The Kier molecular flexibility index (Phi) is 7.20. The fourth-order valence-corrected chi connectivity index (χ4v) is 4.68. The predicted molar refractivity (Wildman–Crippen MR) is 125 cm³/mol. The molecule has 0 bridgehead atoms. The number of anilines is 1. The van der Waals surface area contributed by atoms with Crippen molar-refractivity contribution in [2.24, 2.45) is 0 Å². The quantitative estimate of drug-likeness (QED) is 0.465. The summed E-state index contributed by atoms with van der Waals surface area (Å²) in [5.41, 5.74) is 8.29. The molecule has 8 nitrogen and oxygen atoms in total. The van der Waals surface area contributed by atoms with Crippen molar-refractivity contribution >= 4 is 17.3 Å². The molecule has 2 aromatic carbocycles. The van der Waals surface area contributed by atoms with E-state index in [1.54, 1.807) is 36.2 Å². The number of carbonyl (C=O) groups excluding carboxylic acids is 1. The molecule has 4 rings (SSSR count). The molecule has 0 aliphatic carbocycles. The Morgan fingerprint density at radius 2 is 2.00 bits per heavy atom. The highest BCUT2D eigenvalue weighted by Crippen LogP contribution is 2.32. The van der Waals surface area contributed by atoms with Gasteiger partial charge in [0.15, 0.2) is 0 Å². The minimum Gasteiger partial charge on any atom is -0.366 e. The third-order valence-corrected chi connectivity index (χ3v) is 6.49. The Morgan fingerprint density at radius 3 is 2.73 bits per heavy atom. The lowest BCUT2D eigenvalue weighted by Gasteiger charge is -2.20. The lowest BCUT2D eigenvalue weighted by atomic mass is 9.99. The zero-order chi connectivity index (χ0) is 23.4. The molecule has 33 heavy (non-hydrogen) atoms.